The van der Waals surface area contributed by atoms with E-state index in [1.807, 2.05) is 48.5 Å². The van der Waals surface area contributed by atoms with Gasteiger partial charge in [-0.2, -0.15) is 0 Å². The second-order valence-corrected chi connectivity index (χ2v) is 7.16. The summed E-state index contributed by atoms with van der Waals surface area (Å²) in [5, 5.41) is 3.13. The van der Waals surface area contributed by atoms with Crippen molar-refractivity contribution in [3.63, 3.8) is 0 Å². The third-order valence-corrected chi connectivity index (χ3v) is 5.43. The van der Waals surface area contributed by atoms with Crippen molar-refractivity contribution in [1.82, 2.24) is 5.32 Å². The molecule has 0 saturated carbocycles. The monoisotopic (exact) mass is 364 g/mol. The Morgan fingerprint density at radius 2 is 1.96 bits per heavy atom. The zero-order valence-corrected chi connectivity index (χ0v) is 15.5. The number of nitrogens with one attached hydrogen (secondary N) is 1. The molecule has 5 nitrogen and oxygen atoms in total. The van der Waals surface area contributed by atoms with Gasteiger partial charge in [0.15, 0.2) is 0 Å². The molecule has 4 rings (SSSR count). The molecule has 27 heavy (non-hydrogen) atoms. The second kappa shape index (κ2) is 7.43. The summed E-state index contributed by atoms with van der Waals surface area (Å²) in [4.78, 5) is 27.0. The molecule has 2 aromatic rings. The first kappa shape index (κ1) is 17.6. The fourth-order valence-electron chi connectivity index (χ4n) is 3.83. The van der Waals surface area contributed by atoms with Crippen LogP contribution in [0.1, 0.15) is 36.9 Å². The van der Waals surface area contributed by atoms with Gasteiger partial charge in [-0.05, 0) is 30.2 Å². The number of para-hydroxylation sites is 1. The van der Waals surface area contributed by atoms with E-state index in [-0.39, 0.29) is 30.2 Å². The minimum atomic E-state index is -0.321. The third-order valence-electron chi connectivity index (χ3n) is 5.43. The van der Waals surface area contributed by atoms with E-state index in [4.69, 9.17) is 4.74 Å². The summed E-state index contributed by atoms with van der Waals surface area (Å²) >= 11 is 0. The predicted octanol–water partition coefficient (Wildman–Crippen LogP) is 3.24. The molecule has 0 spiro atoms. The van der Waals surface area contributed by atoms with E-state index in [1.165, 1.54) is 5.56 Å². The molecule has 2 aromatic carbocycles. The summed E-state index contributed by atoms with van der Waals surface area (Å²) in [6.45, 7) is 3.12. The van der Waals surface area contributed by atoms with Crippen LogP contribution in [0.25, 0.3) is 0 Å². The van der Waals surface area contributed by atoms with E-state index in [2.05, 4.69) is 12.2 Å². The summed E-state index contributed by atoms with van der Waals surface area (Å²) in [7, 11) is 0. The lowest BCUT2D eigenvalue weighted by Gasteiger charge is -2.27. The van der Waals surface area contributed by atoms with Crippen molar-refractivity contribution in [3.05, 3.63) is 59.7 Å². The molecule has 0 radical (unpaired) electrons. The maximum absolute atomic E-state index is 12.8. The van der Waals surface area contributed by atoms with Gasteiger partial charge in [-0.15, -0.1) is 0 Å². The van der Waals surface area contributed by atoms with E-state index in [9.17, 15) is 9.59 Å². The molecule has 0 aliphatic carbocycles. The Kier molecular flexibility index (Phi) is 4.84. The molecular formula is C22H24N2O3. The standard InChI is InChI=1S/C22H24N2O3/c1-2-15-7-9-17(10-8-15)24-14-16(13-21(24)25)22(26)23-19-11-12-27-20-6-4-3-5-18(19)20/h3-10,16,19H,2,11-14H2,1H3,(H,23,26)/t16-,19+/m0/s1. The van der Waals surface area contributed by atoms with Crippen molar-refractivity contribution in [2.45, 2.75) is 32.2 Å². The van der Waals surface area contributed by atoms with Crippen LogP contribution in [0, 0.1) is 5.92 Å². The first-order valence-corrected chi connectivity index (χ1v) is 9.57. The highest BCUT2D eigenvalue weighted by molar-refractivity contribution is 6.00. The number of hydrogen-bond acceptors (Lipinski definition) is 3. The van der Waals surface area contributed by atoms with Gasteiger partial charge >= 0.3 is 0 Å². The summed E-state index contributed by atoms with van der Waals surface area (Å²) in [6.07, 6.45) is 1.96. The van der Waals surface area contributed by atoms with Crippen molar-refractivity contribution in [2.75, 3.05) is 18.1 Å². The quantitative estimate of drug-likeness (QED) is 0.906. The fourth-order valence-corrected chi connectivity index (χ4v) is 3.83. The van der Waals surface area contributed by atoms with Crippen molar-refractivity contribution < 1.29 is 14.3 Å². The van der Waals surface area contributed by atoms with Crippen molar-refractivity contribution in [1.29, 1.82) is 0 Å². The van der Waals surface area contributed by atoms with Gasteiger partial charge in [0.05, 0.1) is 18.6 Å². The van der Waals surface area contributed by atoms with Gasteiger partial charge in [0.1, 0.15) is 5.75 Å². The highest BCUT2D eigenvalue weighted by Gasteiger charge is 2.36. The van der Waals surface area contributed by atoms with Gasteiger partial charge in [-0.25, -0.2) is 0 Å². The van der Waals surface area contributed by atoms with Gasteiger partial charge in [0.2, 0.25) is 11.8 Å². The summed E-state index contributed by atoms with van der Waals surface area (Å²) in [5.74, 6) is 0.456. The third kappa shape index (κ3) is 3.54. The van der Waals surface area contributed by atoms with E-state index in [0.717, 1.165) is 29.8 Å². The van der Waals surface area contributed by atoms with Crippen LogP contribution in [-0.2, 0) is 16.0 Å². The lowest BCUT2D eigenvalue weighted by molar-refractivity contribution is -0.127. The van der Waals surface area contributed by atoms with Crippen molar-refractivity contribution in [2.24, 2.45) is 5.92 Å². The highest BCUT2D eigenvalue weighted by Crippen LogP contribution is 2.32. The Bertz CT molecular complexity index is 847. The minimum absolute atomic E-state index is 0.00627. The zero-order valence-electron chi connectivity index (χ0n) is 15.5. The molecule has 2 amide bonds. The van der Waals surface area contributed by atoms with Gasteiger partial charge in [0.25, 0.3) is 0 Å². The molecule has 1 fully saturated rings. The molecule has 0 bridgehead atoms. The number of hydrogen-bond donors (Lipinski definition) is 1. The SMILES string of the molecule is CCc1ccc(N2C[C@@H](C(=O)N[C@@H]3CCOc4ccccc43)CC2=O)cc1. The van der Waals surface area contributed by atoms with Crippen LogP contribution in [0.5, 0.6) is 5.75 Å². The van der Waals surface area contributed by atoms with Gasteiger partial charge in [0, 0.05) is 30.6 Å². The van der Waals surface area contributed by atoms with Crippen LogP contribution in [0.15, 0.2) is 48.5 Å². The lowest BCUT2D eigenvalue weighted by Crippen LogP contribution is -2.37. The number of carbonyl (C=O) groups is 2. The van der Waals surface area contributed by atoms with Crippen LogP contribution in [0.2, 0.25) is 0 Å². The van der Waals surface area contributed by atoms with E-state index >= 15 is 0 Å². The predicted molar refractivity (Wildman–Crippen MR) is 104 cm³/mol. The lowest BCUT2D eigenvalue weighted by atomic mass is 9.99. The van der Waals surface area contributed by atoms with E-state index in [0.29, 0.717) is 13.2 Å². The molecular weight excluding hydrogens is 340 g/mol. The average molecular weight is 364 g/mol. The molecule has 5 heteroatoms. The van der Waals surface area contributed by atoms with Gasteiger partial charge < -0.3 is 15.0 Å². The number of amides is 2. The normalized spacial score (nSPS) is 21.5. The van der Waals surface area contributed by atoms with Crippen molar-refractivity contribution in [3.8, 4) is 5.75 Å². The Morgan fingerprint density at radius 3 is 2.74 bits per heavy atom. The molecule has 0 aromatic heterocycles. The second-order valence-electron chi connectivity index (χ2n) is 7.16. The highest BCUT2D eigenvalue weighted by atomic mass is 16.5. The van der Waals surface area contributed by atoms with E-state index in [1.54, 1.807) is 4.90 Å². The van der Waals surface area contributed by atoms with Crippen LogP contribution >= 0.6 is 0 Å². The number of carbonyl (C=O) groups excluding carboxylic acids is 2. The van der Waals surface area contributed by atoms with Gasteiger partial charge in [-0.1, -0.05) is 37.3 Å². The molecule has 1 saturated heterocycles. The number of aryl methyl sites for hydroxylation is 1. The molecule has 1 N–H and O–H groups in total. The molecule has 2 atom stereocenters. The number of benzene rings is 2. The maximum Gasteiger partial charge on any atom is 0.227 e. The van der Waals surface area contributed by atoms with Crippen LogP contribution < -0.4 is 15.0 Å². The van der Waals surface area contributed by atoms with E-state index < -0.39 is 0 Å². The largest absolute Gasteiger partial charge is 0.493 e. The average Bonchev–Trinajstić information content (AvgIpc) is 3.10. The first-order chi connectivity index (χ1) is 13.2. The zero-order chi connectivity index (χ0) is 18.8. The Morgan fingerprint density at radius 1 is 1.19 bits per heavy atom. The number of ether oxygens (including phenoxy) is 1. The molecule has 140 valence electrons. The molecule has 2 aliphatic heterocycles. The number of anilines is 1. The van der Waals surface area contributed by atoms with Crippen molar-refractivity contribution >= 4 is 17.5 Å². The van der Waals surface area contributed by atoms with Crippen LogP contribution in [0.3, 0.4) is 0 Å². The summed E-state index contributed by atoms with van der Waals surface area (Å²) in [5.41, 5.74) is 3.11. The topological polar surface area (TPSA) is 58.6 Å². The Balaban J connectivity index is 1.44. The Labute approximate surface area is 159 Å². The number of rotatable bonds is 4. The van der Waals surface area contributed by atoms with Crippen LogP contribution in [0.4, 0.5) is 5.69 Å². The fraction of sp³-hybridized carbons (Fsp3) is 0.364. The molecule has 0 unspecified atom stereocenters. The number of nitrogens with zero attached hydrogens (tertiary/aromatic N) is 1. The minimum Gasteiger partial charge on any atom is -0.493 e. The number of fused-ring (bicyclic) bond motifs is 1. The van der Waals surface area contributed by atoms with Gasteiger partial charge in [-0.3, -0.25) is 9.59 Å². The Hall–Kier alpha value is -2.82. The molecule has 2 aliphatic rings. The summed E-state index contributed by atoms with van der Waals surface area (Å²) < 4.78 is 5.66. The maximum atomic E-state index is 12.8. The smallest absolute Gasteiger partial charge is 0.227 e. The molecule has 2 heterocycles. The summed E-state index contributed by atoms with van der Waals surface area (Å²) in [6, 6.07) is 15.7. The first-order valence-electron chi connectivity index (χ1n) is 9.57. The van der Waals surface area contributed by atoms with Crippen LogP contribution in [-0.4, -0.2) is 25.0 Å².